The summed E-state index contributed by atoms with van der Waals surface area (Å²) in [6, 6.07) is 0.403. The molecule has 0 unspecified atom stereocenters. The van der Waals surface area contributed by atoms with Crippen molar-refractivity contribution in [3.63, 3.8) is 0 Å². The average molecular weight is 524 g/mol. The number of carbonyl (C=O) groups excluding carboxylic acids is 1. The molecule has 0 aromatic carbocycles. The topological polar surface area (TPSA) is 40.5 Å². The lowest BCUT2D eigenvalue weighted by atomic mass is 9.34. The van der Waals surface area contributed by atoms with Gasteiger partial charge in [0.2, 0.25) is 5.91 Å². The molecule has 0 aromatic rings. The minimum absolute atomic E-state index is 0.00191. The van der Waals surface area contributed by atoms with E-state index in [4.69, 9.17) is 0 Å². The van der Waals surface area contributed by atoms with Crippen molar-refractivity contribution in [2.45, 2.75) is 151 Å². The number of fused-ring (bicyclic) bond motifs is 6. The third kappa shape index (κ3) is 3.38. The number of hydrogen-bond acceptors (Lipinski definition) is 2. The lowest BCUT2D eigenvalue weighted by molar-refractivity contribution is -0.205. The average Bonchev–Trinajstić information content (AvgIpc) is 3.27. The first kappa shape index (κ1) is 27.3. The van der Waals surface area contributed by atoms with Crippen LogP contribution in [0.15, 0.2) is 11.1 Å². The number of aliphatic hydroxyl groups is 1. The third-order valence-electron chi connectivity index (χ3n) is 14.7. The maximum Gasteiger partial charge on any atom is 0.233 e. The number of nitrogens with zero attached hydrogens (tertiary/aromatic N) is 1. The van der Waals surface area contributed by atoms with Crippen molar-refractivity contribution < 1.29 is 9.90 Å². The summed E-state index contributed by atoms with van der Waals surface area (Å²) < 4.78 is 0. The molecule has 0 spiro atoms. The van der Waals surface area contributed by atoms with E-state index in [-0.39, 0.29) is 33.2 Å². The highest BCUT2D eigenvalue weighted by atomic mass is 16.3. The Labute approximate surface area is 233 Å². The molecule has 6 rings (SSSR count). The van der Waals surface area contributed by atoms with Gasteiger partial charge in [-0.25, -0.2) is 0 Å². The van der Waals surface area contributed by atoms with Crippen LogP contribution in [-0.4, -0.2) is 34.6 Å². The number of hydrogen-bond donors (Lipinski definition) is 1. The second kappa shape index (κ2) is 8.36. The summed E-state index contributed by atoms with van der Waals surface area (Å²) in [5, 5.41) is 11.0. The number of aliphatic hydroxyl groups excluding tert-OH is 1. The fourth-order valence-corrected chi connectivity index (χ4v) is 12.1. The normalized spacial score (nSPS) is 49.6. The van der Waals surface area contributed by atoms with E-state index in [2.05, 4.69) is 60.3 Å². The zero-order valence-electron chi connectivity index (χ0n) is 26.0. The molecule has 1 aliphatic heterocycles. The summed E-state index contributed by atoms with van der Waals surface area (Å²) in [4.78, 5) is 16.8. The molecule has 5 fully saturated rings. The Morgan fingerprint density at radius 2 is 1.53 bits per heavy atom. The van der Waals surface area contributed by atoms with Gasteiger partial charge < -0.3 is 10.0 Å². The third-order valence-corrected chi connectivity index (χ3v) is 14.7. The zero-order chi connectivity index (χ0) is 27.5. The van der Waals surface area contributed by atoms with Crippen LogP contribution in [0, 0.1) is 44.3 Å². The van der Waals surface area contributed by atoms with Crippen LogP contribution in [0.1, 0.15) is 139 Å². The number of carbonyl (C=O) groups is 1. The minimum atomic E-state index is -0.232. The molecule has 38 heavy (non-hydrogen) atoms. The maximum atomic E-state index is 14.5. The summed E-state index contributed by atoms with van der Waals surface area (Å²) in [5.41, 5.74) is 4.15. The van der Waals surface area contributed by atoms with Gasteiger partial charge in [-0.3, -0.25) is 4.79 Å². The number of amides is 1. The highest BCUT2D eigenvalue weighted by molar-refractivity contribution is 5.87. The Morgan fingerprint density at radius 3 is 2.21 bits per heavy atom. The second-order valence-electron chi connectivity index (χ2n) is 17.2. The lowest BCUT2D eigenvalue weighted by Gasteiger charge is -2.71. The highest BCUT2D eigenvalue weighted by Gasteiger charge is 2.68. The first-order chi connectivity index (χ1) is 17.6. The van der Waals surface area contributed by atoms with Gasteiger partial charge in [-0.2, -0.15) is 0 Å². The molecule has 1 saturated heterocycles. The van der Waals surface area contributed by atoms with E-state index < -0.39 is 0 Å². The van der Waals surface area contributed by atoms with Gasteiger partial charge in [-0.1, -0.05) is 59.6 Å². The standard InChI is InChI=1S/C35H57NO2/c1-23-10-9-21-36(23)29(38)35-19-17-30(2,3)22-25(35)24-11-12-27-32(6)15-14-28(37)31(4,5)26(32)13-16-34(27,8)33(24,7)18-20-35/h23,26-28,37H,9-22H2,1-8H3/t23-,26-,27+,28-,32-,33+,34+,35-/m0/s1. The van der Waals surface area contributed by atoms with E-state index >= 15 is 0 Å². The molecule has 1 N–H and O–H groups in total. The van der Waals surface area contributed by atoms with Crippen LogP contribution in [0.3, 0.4) is 0 Å². The largest absolute Gasteiger partial charge is 0.393 e. The van der Waals surface area contributed by atoms with Crippen LogP contribution < -0.4 is 0 Å². The Balaban J connectivity index is 1.44. The fourth-order valence-electron chi connectivity index (χ4n) is 12.1. The van der Waals surface area contributed by atoms with E-state index in [0.717, 1.165) is 32.2 Å². The summed E-state index contributed by atoms with van der Waals surface area (Å²) in [6.07, 6.45) is 14.9. The Kier molecular flexibility index (Phi) is 6.01. The molecular formula is C35H57NO2. The predicted molar refractivity (Wildman–Crippen MR) is 156 cm³/mol. The molecule has 6 aliphatic rings. The predicted octanol–water partition coefficient (Wildman–Crippen LogP) is 8.30. The van der Waals surface area contributed by atoms with Gasteiger partial charge in [-0.15, -0.1) is 0 Å². The zero-order valence-corrected chi connectivity index (χ0v) is 26.0. The molecule has 3 heteroatoms. The lowest BCUT2D eigenvalue weighted by Crippen LogP contribution is -2.64. The van der Waals surface area contributed by atoms with Crippen molar-refractivity contribution in [2.75, 3.05) is 6.54 Å². The van der Waals surface area contributed by atoms with Gasteiger partial charge in [-0.05, 0) is 129 Å². The Hall–Kier alpha value is -0.830. The molecule has 5 aliphatic carbocycles. The number of allylic oxidation sites excluding steroid dienone is 1. The van der Waals surface area contributed by atoms with Crippen molar-refractivity contribution in [2.24, 2.45) is 44.3 Å². The molecule has 1 heterocycles. The molecule has 1 amide bonds. The maximum absolute atomic E-state index is 14.5. The highest BCUT2D eigenvalue weighted by Crippen LogP contribution is 2.75. The van der Waals surface area contributed by atoms with Crippen molar-refractivity contribution in [1.29, 1.82) is 0 Å². The minimum Gasteiger partial charge on any atom is -0.393 e. The first-order valence-corrected chi connectivity index (χ1v) is 16.3. The van der Waals surface area contributed by atoms with E-state index in [1.165, 1.54) is 57.8 Å². The molecule has 8 atom stereocenters. The SMILES string of the molecule is C[C@H]1CCCN1C(=O)[C@]12CCC(C)(C)CC1=C1CC[C@@H]3[C@@]4(C)CC[C@H](O)C(C)(C)[C@@H]4CC[C@@]3(C)[C@]1(C)CC2. The molecule has 0 aromatic heterocycles. The van der Waals surface area contributed by atoms with Gasteiger partial charge in [0.05, 0.1) is 11.5 Å². The second-order valence-corrected chi connectivity index (χ2v) is 17.2. The van der Waals surface area contributed by atoms with Gasteiger partial charge in [0.1, 0.15) is 0 Å². The van der Waals surface area contributed by atoms with Crippen molar-refractivity contribution in [3.8, 4) is 0 Å². The molecule has 3 nitrogen and oxygen atoms in total. The van der Waals surface area contributed by atoms with E-state index in [1.807, 2.05) is 0 Å². The molecule has 0 bridgehead atoms. The number of likely N-dealkylation sites (tertiary alicyclic amines) is 1. The smallest absolute Gasteiger partial charge is 0.233 e. The Morgan fingerprint density at radius 1 is 0.816 bits per heavy atom. The van der Waals surface area contributed by atoms with Crippen LogP contribution >= 0.6 is 0 Å². The summed E-state index contributed by atoms with van der Waals surface area (Å²) in [5.74, 6) is 1.80. The summed E-state index contributed by atoms with van der Waals surface area (Å²) in [6.45, 7) is 20.8. The van der Waals surface area contributed by atoms with Gasteiger partial charge in [0.25, 0.3) is 0 Å². The first-order valence-electron chi connectivity index (χ1n) is 16.3. The fraction of sp³-hybridized carbons (Fsp3) is 0.914. The quantitative estimate of drug-likeness (QED) is 0.351. The molecular weight excluding hydrogens is 466 g/mol. The van der Waals surface area contributed by atoms with Crippen molar-refractivity contribution in [3.05, 3.63) is 11.1 Å². The monoisotopic (exact) mass is 523 g/mol. The number of rotatable bonds is 1. The van der Waals surface area contributed by atoms with E-state index in [0.29, 0.717) is 29.2 Å². The van der Waals surface area contributed by atoms with Crippen LogP contribution in [0.25, 0.3) is 0 Å². The van der Waals surface area contributed by atoms with Crippen LogP contribution in [0.2, 0.25) is 0 Å². The van der Waals surface area contributed by atoms with Gasteiger partial charge >= 0.3 is 0 Å². The summed E-state index contributed by atoms with van der Waals surface area (Å²) in [7, 11) is 0. The molecule has 4 saturated carbocycles. The van der Waals surface area contributed by atoms with Crippen molar-refractivity contribution in [1.82, 2.24) is 4.90 Å². The summed E-state index contributed by atoms with van der Waals surface area (Å²) >= 11 is 0. The van der Waals surface area contributed by atoms with Crippen LogP contribution in [-0.2, 0) is 4.79 Å². The van der Waals surface area contributed by atoms with Gasteiger partial charge in [0, 0.05) is 12.6 Å². The molecule has 214 valence electrons. The van der Waals surface area contributed by atoms with E-state index in [9.17, 15) is 9.90 Å². The molecule has 0 radical (unpaired) electrons. The Bertz CT molecular complexity index is 1040. The van der Waals surface area contributed by atoms with Crippen molar-refractivity contribution >= 4 is 5.91 Å². The van der Waals surface area contributed by atoms with Crippen LogP contribution in [0.4, 0.5) is 0 Å². The van der Waals surface area contributed by atoms with Crippen LogP contribution in [0.5, 0.6) is 0 Å². The van der Waals surface area contributed by atoms with E-state index in [1.54, 1.807) is 11.1 Å². The van der Waals surface area contributed by atoms with Gasteiger partial charge in [0.15, 0.2) is 0 Å².